The highest BCUT2D eigenvalue weighted by molar-refractivity contribution is 5.65. The van der Waals surface area contributed by atoms with E-state index in [-0.39, 0.29) is 30.4 Å². The molecule has 0 spiro atoms. The maximum atomic E-state index is 10.1. The van der Waals surface area contributed by atoms with Gasteiger partial charge in [0.2, 0.25) is 0 Å². The number of morpholine rings is 1. The topological polar surface area (TPSA) is 78.7 Å². The molecule has 2 heterocycles. The molecule has 1 aliphatic heterocycles. The van der Waals surface area contributed by atoms with Crippen molar-refractivity contribution in [3.05, 3.63) is 36.0 Å². The van der Waals surface area contributed by atoms with Crippen LogP contribution in [0.3, 0.4) is 0 Å². The zero-order valence-corrected chi connectivity index (χ0v) is 14.3. The third-order valence-electron chi connectivity index (χ3n) is 5.17. The van der Waals surface area contributed by atoms with Crippen LogP contribution < -0.4 is 4.90 Å². The second-order valence-electron chi connectivity index (χ2n) is 6.90. The van der Waals surface area contributed by atoms with Crippen LogP contribution in [0.5, 0.6) is 5.75 Å². The van der Waals surface area contributed by atoms with Crippen molar-refractivity contribution in [2.45, 2.75) is 31.9 Å². The van der Waals surface area contributed by atoms with Crippen LogP contribution in [-0.4, -0.2) is 52.1 Å². The Hall–Kier alpha value is -2.18. The van der Waals surface area contributed by atoms with Gasteiger partial charge in [-0.3, -0.25) is 0 Å². The van der Waals surface area contributed by atoms with Crippen LogP contribution in [0.2, 0.25) is 0 Å². The van der Waals surface area contributed by atoms with E-state index in [2.05, 4.69) is 9.88 Å². The Bertz CT molecular complexity index is 767. The van der Waals surface area contributed by atoms with E-state index < -0.39 is 0 Å². The number of aromatic hydroxyl groups is 1. The van der Waals surface area contributed by atoms with Crippen LogP contribution in [0.25, 0.3) is 11.4 Å². The number of ether oxygens (including phenoxy) is 1. The van der Waals surface area contributed by atoms with Gasteiger partial charge in [0.05, 0.1) is 24.3 Å². The maximum Gasteiger partial charge on any atom is 0.165 e. The first-order valence-corrected chi connectivity index (χ1v) is 8.79. The van der Waals surface area contributed by atoms with Gasteiger partial charge in [0.15, 0.2) is 5.82 Å². The SMILES string of the molecule is Cc1cc(N2CCOC3C[C@H](CO)C[C@@H]32)nc(-c2ccccc2O)n1. The number of benzene rings is 1. The Morgan fingerprint density at radius 1 is 1.24 bits per heavy atom. The van der Waals surface area contributed by atoms with E-state index in [4.69, 9.17) is 9.72 Å². The monoisotopic (exact) mass is 341 g/mol. The van der Waals surface area contributed by atoms with Gasteiger partial charge in [0.25, 0.3) is 0 Å². The number of phenols is 1. The van der Waals surface area contributed by atoms with Crippen molar-refractivity contribution in [1.82, 2.24) is 9.97 Å². The lowest BCUT2D eigenvalue weighted by Gasteiger charge is -2.38. The number of aromatic nitrogens is 2. The fourth-order valence-electron chi connectivity index (χ4n) is 3.97. The lowest BCUT2D eigenvalue weighted by molar-refractivity contribution is 0.0228. The standard InChI is InChI=1S/C19H23N3O3/c1-12-8-18(21-19(20-12)14-4-2-3-5-16(14)24)22-6-7-25-17-10-13(11-23)9-15(17)22/h2-5,8,13,15,17,23-24H,6-7,9-11H2,1H3/t13-,15+,17?/m1/s1. The molecule has 0 radical (unpaired) electrons. The van der Waals surface area contributed by atoms with Crippen molar-refractivity contribution in [2.24, 2.45) is 5.92 Å². The molecule has 1 saturated heterocycles. The molecule has 3 atom stereocenters. The largest absolute Gasteiger partial charge is 0.507 e. The van der Waals surface area contributed by atoms with Crippen LogP contribution in [0.15, 0.2) is 30.3 Å². The van der Waals surface area contributed by atoms with Crippen LogP contribution >= 0.6 is 0 Å². The van der Waals surface area contributed by atoms with Gasteiger partial charge in [0, 0.05) is 24.9 Å². The Balaban J connectivity index is 1.70. The first-order valence-electron chi connectivity index (χ1n) is 8.79. The predicted octanol–water partition coefficient (Wildman–Crippen LogP) is 2.13. The Kier molecular flexibility index (Phi) is 4.31. The van der Waals surface area contributed by atoms with Crippen molar-refractivity contribution in [1.29, 1.82) is 0 Å². The molecule has 132 valence electrons. The minimum Gasteiger partial charge on any atom is -0.507 e. The molecular formula is C19H23N3O3. The molecule has 0 amide bonds. The van der Waals surface area contributed by atoms with Crippen LogP contribution in [0.4, 0.5) is 5.82 Å². The maximum absolute atomic E-state index is 10.1. The van der Waals surface area contributed by atoms with Crippen LogP contribution in [0, 0.1) is 12.8 Å². The molecule has 2 aliphatic rings. The number of hydrogen-bond donors (Lipinski definition) is 2. The summed E-state index contributed by atoms with van der Waals surface area (Å²) in [7, 11) is 0. The minimum atomic E-state index is 0.148. The van der Waals surface area contributed by atoms with Gasteiger partial charge < -0.3 is 19.8 Å². The third kappa shape index (κ3) is 3.07. The summed E-state index contributed by atoms with van der Waals surface area (Å²) in [5, 5.41) is 19.6. The molecule has 1 saturated carbocycles. The lowest BCUT2D eigenvalue weighted by Crippen LogP contribution is -2.49. The van der Waals surface area contributed by atoms with Gasteiger partial charge in [-0.2, -0.15) is 0 Å². The molecule has 2 aromatic rings. The van der Waals surface area contributed by atoms with Gasteiger partial charge in [0.1, 0.15) is 11.6 Å². The molecular weight excluding hydrogens is 318 g/mol. The van der Waals surface area contributed by atoms with Gasteiger partial charge in [-0.1, -0.05) is 12.1 Å². The molecule has 2 N–H and O–H groups in total. The van der Waals surface area contributed by atoms with Crippen molar-refractivity contribution in [3.8, 4) is 17.1 Å². The van der Waals surface area contributed by atoms with Crippen molar-refractivity contribution in [2.75, 3.05) is 24.7 Å². The molecule has 6 heteroatoms. The average molecular weight is 341 g/mol. The number of phenolic OH excluding ortho intramolecular Hbond substituents is 1. The molecule has 1 aromatic heterocycles. The Morgan fingerprint density at radius 2 is 2.08 bits per heavy atom. The summed E-state index contributed by atoms with van der Waals surface area (Å²) < 4.78 is 5.91. The molecule has 1 aromatic carbocycles. The lowest BCUT2D eigenvalue weighted by atomic mass is 10.1. The zero-order valence-electron chi connectivity index (χ0n) is 14.3. The quantitative estimate of drug-likeness (QED) is 0.890. The second-order valence-corrected chi connectivity index (χ2v) is 6.90. The minimum absolute atomic E-state index is 0.148. The second kappa shape index (κ2) is 6.61. The summed E-state index contributed by atoms with van der Waals surface area (Å²) in [6, 6.07) is 9.35. The molecule has 4 rings (SSSR count). The Morgan fingerprint density at radius 3 is 2.88 bits per heavy atom. The van der Waals surface area contributed by atoms with Crippen molar-refractivity contribution < 1.29 is 14.9 Å². The summed E-state index contributed by atoms with van der Waals surface area (Å²) in [6.07, 6.45) is 1.96. The summed E-state index contributed by atoms with van der Waals surface area (Å²) >= 11 is 0. The summed E-state index contributed by atoms with van der Waals surface area (Å²) in [5.74, 6) is 1.87. The normalized spacial score (nSPS) is 25.8. The molecule has 1 aliphatic carbocycles. The summed E-state index contributed by atoms with van der Waals surface area (Å²) in [4.78, 5) is 11.5. The van der Waals surface area contributed by atoms with E-state index in [9.17, 15) is 10.2 Å². The van der Waals surface area contributed by atoms with Gasteiger partial charge >= 0.3 is 0 Å². The molecule has 6 nitrogen and oxygen atoms in total. The van der Waals surface area contributed by atoms with Crippen LogP contribution in [-0.2, 0) is 4.74 Å². The van der Waals surface area contributed by atoms with E-state index >= 15 is 0 Å². The number of rotatable bonds is 3. The highest BCUT2D eigenvalue weighted by Crippen LogP contribution is 2.37. The molecule has 1 unspecified atom stereocenters. The van der Waals surface area contributed by atoms with Gasteiger partial charge in [-0.15, -0.1) is 0 Å². The predicted molar refractivity (Wildman–Crippen MR) is 94.6 cm³/mol. The number of aliphatic hydroxyl groups is 1. The fourth-order valence-corrected chi connectivity index (χ4v) is 3.97. The highest BCUT2D eigenvalue weighted by atomic mass is 16.5. The number of para-hydroxylation sites is 1. The van der Waals surface area contributed by atoms with Crippen LogP contribution in [0.1, 0.15) is 18.5 Å². The summed E-state index contributed by atoms with van der Waals surface area (Å²) in [6.45, 7) is 3.58. The number of anilines is 1. The zero-order chi connectivity index (χ0) is 17.4. The molecule has 2 fully saturated rings. The van der Waals surface area contributed by atoms with Crippen molar-refractivity contribution in [3.63, 3.8) is 0 Å². The molecule has 0 bridgehead atoms. The number of fused-ring (bicyclic) bond motifs is 1. The number of aryl methyl sites for hydroxylation is 1. The third-order valence-corrected chi connectivity index (χ3v) is 5.17. The van der Waals surface area contributed by atoms with E-state index in [0.717, 1.165) is 30.9 Å². The van der Waals surface area contributed by atoms with Crippen molar-refractivity contribution >= 4 is 5.82 Å². The fraction of sp³-hybridized carbons (Fsp3) is 0.474. The van der Waals surface area contributed by atoms with E-state index in [0.29, 0.717) is 18.0 Å². The Labute approximate surface area is 147 Å². The van der Waals surface area contributed by atoms with E-state index in [1.165, 1.54) is 0 Å². The number of hydrogen-bond acceptors (Lipinski definition) is 6. The average Bonchev–Trinajstić information content (AvgIpc) is 3.05. The first-order chi connectivity index (χ1) is 12.2. The smallest absolute Gasteiger partial charge is 0.165 e. The van der Waals surface area contributed by atoms with E-state index in [1.54, 1.807) is 12.1 Å². The van der Waals surface area contributed by atoms with Gasteiger partial charge in [-0.05, 0) is 37.8 Å². The molecule has 25 heavy (non-hydrogen) atoms. The van der Waals surface area contributed by atoms with Gasteiger partial charge in [-0.25, -0.2) is 9.97 Å². The number of nitrogens with zero attached hydrogens (tertiary/aromatic N) is 3. The highest BCUT2D eigenvalue weighted by Gasteiger charge is 2.41. The first kappa shape index (κ1) is 16.3. The summed E-state index contributed by atoms with van der Waals surface area (Å²) in [5.41, 5.74) is 1.50. The number of aliphatic hydroxyl groups excluding tert-OH is 1. The van der Waals surface area contributed by atoms with E-state index in [1.807, 2.05) is 25.1 Å².